The Morgan fingerprint density at radius 1 is 1.22 bits per heavy atom. The molecule has 2 atom stereocenters. The van der Waals surface area contributed by atoms with Gasteiger partial charge in [-0.25, -0.2) is 9.97 Å². The summed E-state index contributed by atoms with van der Waals surface area (Å²) < 4.78 is 61.2. The second kappa shape index (κ2) is 11.0. The summed E-state index contributed by atoms with van der Waals surface area (Å²) in [7, 11) is 0. The number of carbonyl (C=O) groups is 1. The van der Waals surface area contributed by atoms with Crippen molar-refractivity contribution in [3.63, 3.8) is 0 Å². The van der Waals surface area contributed by atoms with E-state index in [0.29, 0.717) is 12.1 Å². The fourth-order valence-electron chi connectivity index (χ4n) is 4.83. The van der Waals surface area contributed by atoms with Gasteiger partial charge in [-0.3, -0.25) is 9.69 Å². The molecule has 4 rings (SSSR count). The Bertz CT molecular complexity index is 1060. The fraction of sp³-hybridized carbons (Fsp3) is 0.542. The van der Waals surface area contributed by atoms with E-state index < -0.39 is 23.6 Å². The molecular formula is C24H30F4N6O2. The van der Waals surface area contributed by atoms with Gasteiger partial charge in [0.2, 0.25) is 11.7 Å². The number of piperidine rings is 1. The van der Waals surface area contributed by atoms with E-state index in [-0.39, 0.29) is 49.3 Å². The lowest BCUT2D eigenvalue weighted by atomic mass is 9.97. The number of amides is 1. The van der Waals surface area contributed by atoms with Crippen LogP contribution in [0.15, 0.2) is 30.6 Å². The zero-order valence-electron chi connectivity index (χ0n) is 20.0. The number of nitrogens with one attached hydrogen (secondary N) is 1. The maximum absolute atomic E-state index is 15.6. The number of hydrogen-bond donors (Lipinski definition) is 2. The van der Waals surface area contributed by atoms with E-state index in [1.807, 2.05) is 11.8 Å². The Morgan fingerprint density at radius 3 is 2.67 bits per heavy atom. The van der Waals surface area contributed by atoms with Gasteiger partial charge in [-0.2, -0.15) is 17.6 Å². The summed E-state index contributed by atoms with van der Waals surface area (Å²) in [5.41, 5.74) is 4.85. The third-order valence-corrected chi connectivity index (χ3v) is 6.70. The van der Waals surface area contributed by atoms with Gasteiger partial charge < -0.3 is 20.7 Å². The highest BCUT2D eigenvalue weighted by Crippen LogP contribution is 2.37. The van der Waals surface area contributed by atoms with Crippen LogP contribution in [-0.2, 0) is 15.7 Å². The van der Waals surface area contributed by atoms with Crippen LogP contribution in [0.4, 0.5) is 29.2 Å². The quantitative estimate of drug-likeness (QED) is 0.553. The van der Waals surface area contributed by atoms with Crippen molar-refractivity contribution >= 4 is 17.5 Å². The van der Waals surface area contributed by atoms with E-state index in [2.05, 4.69) is 15.3 Å². The molecule has 12 heteroatoms. The number of alkyl halides is 3. The molecule has 8 nitrogen and oxygen atoms in total. The molecule has 0 aliphatic carbocycles. The minimum Gasteiger partial charge on any atom is -0.377 e. The SMILES string of the molecule is C[C@@H]1COC[C@H](c2cccc(C(F)(F)F)c2)N1c1ncnc(NCC2CCN(CC(N)=O)CC2)c1F. The van der Waals surface area contributed by atoms with E-state index in [0.717, 1.165) is 38.1 Å². The fourth-order valence-corrected chi connectivity index (χ4v) is 4.83. The minimum atomic E-state index is -4.49. The second-order valence-corrected chi connectivity index (χ2v) is 9.36. The van der Waals surface area contributed by atoms with Crippen LogP contribution in [0.1, 0.15) is 36.9 Å². The van der Waals surface area contributed by atoms with E-state index in [1.165, 1.54) is 12.4 Å². The average Bonchev–Trinajstić information content (AvgIpc) is 2.84. The molecule has 3 heterocycles. The number of ether oxygens (including phenoxy) is 1. The summed E-state index contributed by atoms with van der Waals surface area (Å²) in [5, 5.41) is 3.07. The van der Waals surface area contributed by atoms with Crippen molar-refractivity contribution in [3.8, 4) is 0 Å². The maximum Gasteiger partial charge on any atom is 0.416 e. The molecule has 2 fully saturated rings. The highest BCUT2D eigenvalue weighted by Gasteiger charge is 2.36. The molecule has 0 unspecified atom stereocenters. The van der Waals surface area contributed by atoms with Crippen LogP contribution >= 0.6 is 0 Å². The summed E-state index contributed by atoms with van der Waals surface area (Å²) in [6.07, 6.45) is -1.58. The molecular weight excluding hydrogens is 480 g/mol. The molecule has 1 aromatic heterocycles. The normalized spacial score (nSPS) is 22.0. The van der Waals surface area contributed by atoms with Gasteiger partial charge in [-0.05, 0) is 56.5 Å². The van der Waals surface area contributed by atoms with Crippen LogP contribution in [0.2, 0.25) is 0 Å². The van der Waals surface area contributed by atoms with E-state index in [4.69, 9.17) is 10.5 Å². The lowest BCUT2D eigenvalue weighted by Gasteiger charge is -2.41. The number of hydrogen-bond acceptors (Lipinski definition) is 7. The highest BCUT2D eigenvalue weighted by molar-refractivity contribution is 5.75. The number of likely N-dealkylation sites (tertiary alicyclic amines) is 1. The number of rotatable bonds is 7. The lowest BCUT2D eigenvalue weighted by Crippen LogP contribution is -2.47. The van der Waals surface area contributed by atoms with Crippen molar-refractivity contribution in [2.24, 2.45) is 11.7 Å². The molecule has 2 aliphatic rings. The van der Waals surface area contributed by atoms with Crippen molar-refractivity contribution < 1.29 is 27.1 Å². The number of benzene rings is 1. The number of primary amides is 1. The molecule has 0 spiro atoms. The van der Waals surface area contributed by atoms with Crippen LogP contribution < -0.4 is 16.0 Å². The van der Waals surface area contributed by atoms with E-state index in [9.17, 15) is 18.0 Å². The Hall–Kier alpha value is -2.99. The number of anilines is 2. The first-order valence-corrected chi connectivity index (χ1v) is 11.9. The molecule has 0 radical (unpaired) electrons. The summed E-state index contributed by atoms with van der Waals surface area (Å²) >= 11 is 0. The largest absolute Gasteiger partial charge is 0.416 e. The lowest BCUT2D eigenvalue weighted by molar-refractivity contribution is -0.137. The molecule has 2 saturated heterocycles. The van der Waals surface area contributed by atoms with Crippen LogP contribution in [-0.4, -0.2) is 66.2 Å². The number of halogens is 4. The number of morpholine rings is 1. The predicted octanol–water partition coefficient (Wildman–Crippen LogP) is 3.21. The van der Waals surface area contributed by atoms with Gasteiger partial charge in [0.05, 0.1) is 37.4 Å². The van der Waals surface area contributed by atoms with Crippen molar-refractivity contribution in [2.45, 2.75) is 38.0 Å². The van der Waals surface area contributed by atoms with Crippen molar-refractivity contribution in [1.29, 1.82) is 0 Å². The van der Waals surface area contributed by atoms with E-state index in [1.54, 1.807) is 11.0 Å². The van der Waals surface area contributed by atoms with Gasteiger partial charge in [-0.15, -0.1) is 0 Å². The van der Waals surface area contributed by atoms with Crippen molar-refractivity contribution in [1.82, 2.24) is 14.9 Å². The number of aromatic nitrogens is 2. The third-order valence-electron chi connectivity index (χ3n) is 6.70. The smallest absolute Gasteiger partial charge is 0.377 e. The summed E-state index contributed by atoms with van der Waals surface area (Å²) in [4.78, 5) is 23.0. The topological polar surface area (TPSA) is 96.6 Å². The molecule has 1 amide bonds. The van der Waals surface area contributed by atoms with Crippen LogP contribution in [0.5, 0.6) is 0 Å². The van der Waals surface area contributed by atoms with Crippen LogP contribution in [0, 0.1) is 11.7 Å². The first-order valence-electron chi connectivity index (χ1n) is 11.9. The van der Waals surface area contributed by atoms with Crippen molar-refractivity contribution in [3.05, 3.63) is 47.5 Å². The predicted molar refractivity (Wildman–Crippen MR) is 126 cm³/mol. The van der Waals surface area contributed by atoms with Crippen molar-refractivity contribution in [2.75, 3.05) is 49.6 Å². The van der Waals surface area contributed by atoms with Gasteiger partial charge >= 0.3 is 6.18 Å². The van der Waals surface area contributed by atoms with E-state index >= 15 is 4.39 Å². The number of nitrogens with two attached hydrogens (primary N) is 1. The third kappa shape index (κ3) is 6.04. The van der Waals surface area contributed by atoms with Crippen LogP contribution in [0.3, 0.4) is 0 Å². The molecule has 0 bridgehead atoms. The maximum atomic E-state index is 15.6. The summed E-state index contributed by atoms with van der Waals surface area (Å²) in [5.74, 6) is -0.688. The average molecular weight is 511 g/mol. The van der Waals surface area contributed by atoms with Gasteiger partial charge in [0.15, 0.2) is 11.6 Å². The Kier molecular flexibility index (Phi) is 7.94. The molecule has 196 valence electrons. The minimum absolute atomic E-state index is 0.0157. The zero-order chi connectivity index (χ0) is 25.9. The molecule has 3 N–H and O–H groups in total. The molecule has 0 saturated carbocycles. The summed E-state index contributed by atoms with van der Waals surface area (Å²) in [6, 6.07) is 4.02. The number of nitrogens with zero attached hydrogens (tertiary/aromatic N) is 4. The molecule has 2 aromatic rings. The van der Waals surface area contributed by atoms with Crippen LogP contribution in [0.25, 0.3) is 0 Å². The van der Waals surface area contributed by atoms with Gasteiger partial charge in [0.25, 0.3) is 0 Å². The standard InChI is InChI=1S/C24H30F4N6O2/c1-15-12-36-13-19(17-3-2-4-18(9-17)24(26,27)28)34(15)23-21(25)22(31-14-32-23)30-10-16-5-7-33(8-6-16)11-20(29)35/h2-4,9,14-16,19H,5-8,10-13H2,1H3,(H2,29,35)(H,30,31,32)/t15-,19-/m1/s1. The highest BCUT2D eigenvalue weighted by atomic mass is 19.4. The monoisotopic (exact) mass is 510 g/mol. The Morgan fingerprint density at radius 2 is 1.97 bits per heavy atom. The first kappa shape index (κ1) is 26.1. The Balaban J connectivity index is 1.50. The first-order chi connectivity index (χ1) is 17.1. The van der Waals surface area contributed by atoms with Gasteiger partial charge in [0, 0.05) is 6.54 Å². The second-order valence-electron chi connectivity index (χ2n) is 9.36. The summed E-state index contributed by atoms with van der Waals surface area (Å²) in [6.45, 7) is 4.39. The molecule has 1 aromatic carbocycles. The molecule has 36 heavy (non-hydrogen) atoms. The zero-order valence-corrected chi connectivity index (χ0v) is 20.0. The number of carbonyl (C=O) groups excluding carboxylic acids is 1. The Labute approximate surface area is 206 Å². The molecule has 2 aliphatic heterocycles. The van der Waals surface area contributed by atoms with Gasteiger partial charge in [0.1, 0.15) is 6.33 Å². The van der Waals surface area contributed by atoms with Gasteiger partial charge in [-0.1, -0.05) is 12.1 Å².